The molecule has 1 heterocycles. The van der Waals surface area contributed by atoms with Crippen molar-refractivity contribution in [2.45, 2.75) is 6.42 Å². The van der Waals surface area contributed by atoms with Gasteiger partial charge in [-0.2, -0.15) is 0 Å². The van der Waals surface area contributed by atoms with E-state index in [4.69, 9.17) is 4.74 Å². The molecule has 116 valence electrons. The molecule has 0 aliphatic heterocycles. The summed E-state index contributed by atoms with van der Waals surface area (Å²) in [6.07, 6.45) is 2.17. The Labute approximate surface area is 132 Å². The van der Waals surface area contributed by atoms with Gasteiger partial charge in [-0.25, -0.2) is 4.98 Å². The van der Waals surface area contributed by atoms with Crippen molar-refractivity contribution in [2.75, 3.05) is 7.11 Å². The zero-order chi connectivity index (χ0) is 16.4. The van der Waals surface area contributed by atoms with Crippen LogP contribution in [0, 0.1) is 0 Å². The van der Waals surface area contributed by atoms with E-state index in [1.54, 1.807) is 36.4 Å². The van der Waals surface area contributed by atoms with Crippen LogP contribution in [-0.2, 0) is 6.42 Å². The molecule has 0 aliphatic carbocycles. The summed E-state index contributed by atoms with van der Waals surface area (Å²) in [6.45, 7) is 3.68. The number of hydrogen-bond acceptors (Lipinski definition) is 4. The zero-order valence-electron chi connectivity index (χ0n) is 12.7. The number of aromatic nitrogens is 2. The highest BCUT2D eigenvalue weighted by Gasteiger charge is 2.13. The van der Waals surface area contributed by atoms with Crippen LogP contribution in [0.3, 0.4) is 0 Å². The molecule has 5 heteroatoms. The maximum absolute atomic E-state index is 12.2. The molecule has 0 aliphatic rings. The van der Waals surface area contributed by atoms with Gasteiger partial charge in [0.1, 0.15) is 5.82 Å². The van der Waals surface area contributed by atoms with Gasteiger partial charge < -0.3 is 14.8 Å². The van der Waals surface area contributed by atoms with Crippen molar-refractivity contribution in [1.29, 1.82) is 0 Å². The molecule has 0 spiro atoms. The fourth-order valence-electron chi connectivity index (χ4n) is 2.49. The molecule has 0 atom stereocenters. The molecule has 3 aromatic rings. The molecular formula is C18H16N2O3. The van der Waals surface area contributed by atoms with Gasteiger partial charge in [-0.3, -0.25) is 4.79 Å². The summed E-state index contributed by atoms with van der Waals surface area (Å²) < 4.78 is 5.21. The number of phenols is 1. The summed E-state index contributed by atoms with van der Waals surface area (Å²) in [6, 6.07) is 10.6. The molecule has 1 aromatic heterocycles. The lowest BCUT2D eigenvalue weighted by molar-refractivity contribution is 0.371. The van der Waals surface area contributed by atoms with E-state index in [9.17, 15) is 9.90 Å². The second kappa shape index (κ2) is 5.96. The van der Waals surface area contributed by atoms with Gasteiger partial charge in [0.05, 0.1) is 18.0 Å². The van der Waals surface area contributed by atoms with Gasteiger partial charge in [-0.15, -0.1) is 6.58 Å². The van der Waals surface area contributed by atoms with Crippen molar-refractivity contribution >= 4 is 10.9 Å². The summed E-state index contributed by atoms with van der Waals surface area (Å²) in [4.78, 5) is 19.5. The van der Waals surface area contributed by atoms with Gasteiger partial charge >= 0.3 is 0 Å². The van der Waals surface area contributed by atoms with Crippen molar-refractivity contribution in [3.8, 4) is 22.9 Å². The molecule has 0 saturated heterocycles. The van der Waals surface area contributed by atoms with Crippen molar-refractivity contribution in [2.24, 2.45) is 0 Å². The number of rotatable bonds is 4. The Balaban J connectivity index is 2.23. The minimum Gasteiger partial charge on any atom is -0.504 e. The Morgan fingerprint density at radius 2 is 2.13 bits per heavy atom. The minimum atomic E-state index is -0.206. The van der Waals surface area contributed by atoms with E-state index in [1.807, 2.05) is 6.07 Å². The average Bonchev–Trinajstić information content (AvgIpc) is 2.57. The van der Waals surface area contributed by atoms with Crippen LogP contribution >= 0.6 is 0 Å². The highest BCUT2D eigenvalue weighted by molar-refractivity contribution is 5.79. The van der Waals surface area contributed by atoms with E-state index in [1.165, 1.54) is 7.11 Å². The molecule has 0 fully saturated rings. The number of methoxy groups -OCH3 is 1. The molecule has 0 saturated carbocycles. The average molecular weight is 308 g/mol. The number of phenolic OH excluding ortho intramolecular Hbond substituents is 1. The Hall–Kier alpha value is -3.08. The number of benzene rings is 2. The highest BCUT2D eigenvalue weighted by atomic mass is 16.5. The van der Waals surface area contributed by atoms with Crippen LogP contribution < -0.4 is 10.3 Å². The zero-order valence-corrected chi connectivity index (χ0v) is 12.7. The molecule has 0 radical (unpaired) electrons. The van der Waals surface area contributed by atoms with Gasteiger partial charge in [-0.05, 0) is 30.7 Å². The predicted octanol–water partition coefficient (Wildman–Crippen LogP) is 3.03. The Morgan fingerprint density at radius 1 is 1.35 bits per heavy atom. The maximum Gasteiger partial charge on any atom is 0.259 e. The number of aromatic hydroxyl groups is 1. The fraction of sp³-hybridized carbons (Fsp3) is 0.111. The molecule has 0 bridgehead atoms. The van der Waals surface area contributed by atoms with Crippen molar-refractivity contribution in [3.05, 3.63) is 65.0 Å². The summed E-state index contributed by atoms with van der Waals surface area (Å²) in [5, 5.41) is 10.7. The summed E-state index contributed by atoms with van der Waals surface area (Å²) in [5.41, 5.74) is 1.73. The summed E-state index contributed by atoms with van der Waals surface area (Å²) >= 11 is 0. The predicted molar refractivity (Wildman–Crippen MR) is 89.9 cm³/mol. The Morgan fingerprint density at radius 3 is 2.87 bits per heavy atom. The molecule has 3 rings (SSSR count). The topological polar surface area (TPSA) is 75.2 Å². The summed E-state index contributed by atoms with van der Waals surface area (Å²) in [5.74, 6) is 0.826. The molecule has 2 aromatic carbocycles. The Kier molecular flexibility index (Phi) is 3.85. The first-order valence-electron chi connectivity index (χ1n) is 7.14. The first kappa shape index (κ1) is 14.8. The second-order valence-electron chi connectivity index (χ2n) is 5.11. The standard InChI is InChI=1S/C18H16N2O3/c1-3-6-11-9-12(10-15(23-2)16(11)21)17-19-14-8-5-4-7-13(14)18(22)20-17/h3-5,7-10,21H,1,6H2,2H3,(H,19,20,22). The van der Waals surface area contributed by atoms with E-state index < -0.39 is 0 Å². The van der Waals surface area contributed by atoms with Crippen LogP contribution in [0.4, 0.5) is 0 Å². The van der Waals surface area contributed by atoms with E-state index >= 15 is 0 Å². The number of aromatic amines is 1. The summed E-state index contributed by atoms with van der Waals surface area (Å²) in [7, 11) is 1.48. The van der Waals surface area contributed by atoms with Crippen LogP contribution in [0.15, 0.2) is 53.8 Å². The third-order valence-corrected chi connectivity index (χ3v) is 3.62. The highest BCUT2D eigenvalue weighted by Crippen LogP contribution is 2.35. The number of nitrogens with one attached hydrogen (secondary N) is 1. The van der Waals surface area contributed by atoms with Crippen molar-refractivity contribution in [1.82, 2.24) is 9.97 Å². The molecule has 0 unspecified atom stereocenters. The molecule has 5 nitrogen and oxygen atoms in total. The van der Waals surface area contributed by atoms with E-state index in [0.29, 0.717) is 40.0 Å². The number of allylic oxidation sites excluding steroid dienone is 1. The minimum absolute atomic E-state index is 0.0688. The van der Waals surface area contributed by atoms with Gasteiger partial charge in [0.25, 0.3) is 5.56 Å². The second-order valence-corrected chi connectivity index (χ2v) is 5.11. The smallest absolute Gasteiger partial charge is 0.259 e. The fourth-order valence-corrected chi connectivity index (χ4v) is 2.49. The Bertz CT molecular complexity index is 945. The monoisotopic (exact) mass is 308 g/mol. The largest absolute Gasteiger partial charge is 0.504 e. The number of para-hydroxylation sites is 1. The molecule has 2 N–H and O–H groups in total. The molecular weight excluding hydrogens is 292 g/mol. The van der Waals surface area contributed by atoms with E-state index in [-0.39, 0.29) is 11.3 Å². The number of nitrogens with zero attached hydrogens (tertiary/aromatic N) is 1. The lowest BCUT2D eigenvalue weighted by Crippen LogP contribution is -2.09. The van der Waals surface area contributed by atoms with Crippen LogP contribution in [0.25, 0.3) is 22.3 Å². The van der Waals surface area contributed by atoms with Crippen LogP contribution in [-0.4, -0.2) is 22.2 Å². The van der Waals surface area contributed by atoms with Gasteiger partial charge in [0.2, 0.25) is 0 Å². The first-order chi connectivity index (χ1) is 11.1. The molecule has 23 heavy (non-hydrogen) atoms. The number of ether oxygens (including phenoxy) is 1. The SMILES string of the molecule is C=CCc1cc(-c2nc3ccccc3c(=O)[nH]2)cc(OC)c1O. The third-order valence-electron chi connectivity index (χ3n) is 3.62. The molecule has 0 amide bonds. The number of hydrogen-bond donors (Lipinski definition) is 2. The van der Waals surface area contributed by atoms with E-state index in [2.05, 4.69) is 16.5 Å². The van der Waals surface area contributed by atoms with Crippen LogP contribution in [0.1, 0.15) is 5.56 Å². The van der Waals surface area contributed by atoms with Gasteiger partial charge in [-0.1, -0.05) is 18.2 Å². The maximum atomic E-state index is 12.2. The lowest BCUT2D eigenvalue weighted by Gasteiger charge is -2.11. The van der Waals surface area contributed by atoms with Gasteiger partial charge in [0, 0.05) is 11.1 Å². The normalized spacial score (nSPS) is 10.7. The number of fused-ring (bicyclic) bond motifs is 1. The van der Waals surface area contributed by atoms with Crippen molar-refractivity contribution in [3.63, 3.8) is 0 Å². The van der Waals surface area contributed by atoms with E-state index in [0.717, 1.165) is 0 Å². The third kappa shape index (κ3) is 2.68. The van der Waals surface area contributed by atoms with Crippen LogP contribution in [0.2, 0.25) is 0 Å². The number of H-pyrrole nitrogens is 1. The quantitative estimate of drug-likeness (QED) is 0.726. The van der Waals surface area contributed by atoms with Gasteiger partial charge in [0.15, 0.2) is 11.5 Å². The lowest BCUT2D eigenvalue weighted by atomic mass is 10.0. The van der Waals surface area contributed by atoms with Crippen molar-refractivity contribution < 1.29 is 9.84 Å². The van der Waals surface area contributed by atoms with Crippen LogP contribution in [0.5, 0.6) is 11.5 Å². The first-order valence-corrected chi connectivity index (χ1v) is 7.14.